The van der Waals surface area contributed by atoms with E-state index in [0.29, 0.717) is 10.7 Å². The van der Waals surface area contributed by atoms with Gasteiger partial charge in [-0.15, -0.1) is 0 Å². The normalized spacial score (nSPS) is 12.2. The highest BCUT2D eigenvalue weighted by atomic mass is 79.9. The number of fused-ring (bicyclic) bond motifs is 14. The van der Waals surface area contributed by atoms with Crippen molar-refractivity contribution in [3.05, 3.63) is 452 Å². The molecule has 117 heavy (non-hydrogen) atoms. The lowest BCUT2D eigenvalue weighted by Gasteiger charge is -2.34. The molecule has 0 aliphatic heterocycles. The zero-order valence-corrected chi connectivity index (χ0v) is 67.9. The van der Waals surface area contributed by atoms with E-state index in [1.165, 1.54) is 119 Å². The second-order valence-electron chi connectivity index (χ2n) is 30.3. The van der Waals surface area contributed by atoms with Gasteiger partial charge in [0.2, 0.25) is 5.95 Å². The van der Waals surface area contributed by atoms with Crippen LogP contribution in [0.5, 0.6) is 0 Å². The Morgan fingerprint density at radius 2 is 0.598 bits per heavy atom. The van der Waals surface area contributed by atoms with Gasteiger partial charge in [-0.05, 0) is 164 Å². The summed E-state index contributed by atoms with van der Waals surface area (Å²) in [5.74, 6) is 0.662. The maximum atomic E-state index is 5.54. The summed E-state index contributed by atoms with van der Waals surface area (Å²) in [4.78, 5) is 23.9. The molecule has 0 unspecified atom stereocenters. The highest BCUT2D eigenvalue weighted by Gasteiger charge is 2.43. The van der Waals surface area contributed by atoms with Gasteiger partial charge in [-0.2, -0.15) is 0 Å². The van der Waals surface area contributed by atoms with E-state index in [1.807, 2.05) is 18.2 Å². The zero-order chi connectivity index (χ0) is 78.1. The van der Waals surface area contributed by atoms with Crippen LogP contribution in [0.25, 0.3) is 117 Å². The summed E-state index contributed by atoms with van der Waals surface area (Å²) >= 11 is 3.56. The molecule has 1 N–H and O–H groups in total. The number of nitrogens with one attached hydrogen (secondary N) is 1. The number of aromatic nitrogens is 6. The van der Waals surface area contributed by atoms with Crippen LogP contribution in [-0.2, 0) is 25.7 Å². The first-order chi connectivity index (χ1) is 57.9. The first-order valence-electron chi connectivity index (χ1n) is 40.3. The van der Waals surface area contributed by atoms with Crippen LogP contribution in [0.15, 0.2) is 429 Å². The Kier molecular flexibility index (Phi) is 19.4. The number of hydrogen-bond acceptors (Lipinski definition) is 4. The fourth-order valence-corrected chi connectivity index (χ4v) is 28.5. The van der Waals surface area contributed by atoms with Crippen molar-refractivity contribution in [2.24, 2.45) is 0 Å². The first-order valence-corrected chi connectivity index (χ1v) is 45.1. The van der Waals surface area contributed by atoms with Crippen LogP contribution in [0.3, 0.4) is 0 Å². The Labute approximate surface area is 693 Å². The molecule has 558 valence electrons. The molecule has 9 heteroatoms. The van der Waals surface area contributed by atoms with Crippen molar-refractivity contribution in [3.63, 3.8) is 0 Å². The molecule has 0 spiro atoms. The van der Waals surface area contributed by atoms with E-state index in [2.05, 4.69) is 437 Å². The Hall–Kier alpha value is -13.8. The number of halogens is 1. The van der Waals surface area contributed by atoms with Gasteiger partial charge in [0, 0.05) is 56.3 Å². The molecule has 0 fully saturated rings. The van der Waals surface area contributed by atoms with E-state index in [0.717, 1.165) is 81.7 Å². The van der Waals surface area contributed by atoms with Gasteiger partial charge >= 0.3 is 0 Å². The summed E-state index contributed by atoms with van der Waals surface area (Å²) in [6, 6.07) is 154. The minimum absolute atomic E-state index is 0. The zero-order valence-electron chi connectivity index (χ0n) is 64.4. The van der Waals surface area contributed by atoms with Gasteiger partial charge in [0.25, 0.3) is 0 Å². The molecule has 2 aliphatic rings. The quantitative estimate of drug-likeness (QED) is 0.0709. The van der Waals surface area contributed by atoms with Crippen molar-refractivity contribution in [2.75, 3.05) is 0 Å². The van der Waals surface area contributed by atoms with Crippen LogP contribution in [0.2, 0.25) is 0 Å². The molecule has 0 saturated heterocycles. The number of rotatable bonds is 13. The standard InChI is InChI=1S/C54H39N3Si.C34H25BrN2Si.C20H15N.H2/c1-5-19-39(20-6-1)48-37-49(41-21-17-28-45(36-41)58(42-22-7-2-8-23-42,43-24-9-3-10-25-43)44-26-11-4-12-27-44)56-54(55-48)57-50-31-16-15-30-47(50)53-51(57)35-34-40-33-32-38-18-13-14-29-46(38)52(40)53;35-34-36-32(26-14-5-1-6-15-26)25-33(37-34)27-16-13-23-31(24-27)38(28-17-7-2-8-18-28,29-19-9-3-10-20-29)30-21-11-4-12-22-30;1-2-6-15-13(5-1)9-10-14-11-12-18-20(19(14)15)16-7-3-4-8-17(16)21-18;/h1-31,34-37H,32-33H2;1-25H;1-8,11-12,21H,9-10H2;1H/i;;;1+1. The summed E-state index contributed by atoms with van der Waals surface area (Å²) in [5, 5.41) is 15.9. The summed E-state index contributed by atoms with van der Waals surface area (Å²) in [7, 11) is -5.38. The van der Waals surface area contributed by atoms with Crippen molar-refractivity contribution in [2.45, 2.75) is 25.7 Å². The smallest absolute Gasteiger partial charge is 0.235 e. The van der Waals surface area contributed by atoms with Crippen LogP contribution < -0.4 is 41.5 Å². The molecule has 0 bridgehead atoms. The Morgan fingerprint density at radius 1 is 0.256 bits per heavy atom. The van der Waals surface area contributed by atoms with Gasteiger partial charge in [-0.3, -0.25) is 4.57 Å². The van der Waals surface area contributed by atoms with Crippen LogP contribution in [0.4, 0.5) is 0 Å². The van der Waals surface area contributed by atoms with Gasteiger partial charge in [0.15, 0.2) is 20.9 Å². The average Bonchev–Trinajstić information content (AvgIpc) is 1.24. The van der Waals surface area contributed by atoms with Crippen molar-refractivity contribution >= 4 is 117 Å². The third-order valence-electron chi connectivity index (χ3n) is 23.8. The molecule has 16 aromatic carbocycles. The molecule has 0 atom stereocenters. The SMILES string of the molecule is Brc1nc(-c2ccccc2)cc(-c2cccc([Si](c3ccccc3)(c3ccccc3)c3ccccc3)c2)n1.[2HH].c1ccc(-c2cc(-c3cccc([Si](c4ccccc4)(c4ccccc4)c4ccccc4)c3)nc(-n3c4ccccc4c4c5c(ccc43)CCc3ccccc3-5)n2)cc1.c1ccc2c(c1)CCc1ccc3[nH]c4ccccc4c3c1-2. The highest BCUT2D eigenvalue weighted by Crippen LogP contribution is 2.45. The molecule has 6 nitrogen and oxygen atoms in total. The lowest BCUT2D eigenvalue weighted by atomic mass is 9.83. The molecule has 0 radical (unpaired) electrons. The number of aromatic amines is 1. The molecule has 4 heterocycles. The number of para-hydroxylation sites is 2. The first kappa shape index (κ1) is 72.2. The lowest BCUT2D eigenvalue weighted by molar-refractivity contribution is 0.943. The van der Waals surface area contributed by atoms with Crippen molar-refractivity contribution in [1.82, 2.24) is 29.5 Å². The monoisotopic (exact) mass is 1600 g/mol. The predicted octanol–water partition coefficient (Wildman–Crippen LogP) is 21.3. The second kappa shape index (κ2) is 31.5. The lowest BCUT2D eigenvalue weighted by Crippen LogP contribution is -2.74. The fourth-order valence-electron chi connectivity index (χ4n) is 18.6. The van der Waals surface area contributed by atoms with Crippen LogP contribution in [0.1, 0.15) is 23.7 Å². The minimum atomic E-state index is -2.77. The van der Waals surface area contributed by atoms with Gasteiger partial charge in [-0.25, -0.2) is 19.9 Å². The van der Waals surface area contributed by atoms with E-state index < -0.39 is 16.1 Å². The maximum absolute atomic E-state index is 5.54. The van der Waals surface area contributed by atoms with Crippen molar-refractivity contribution in [1.29, 1.82) is 0 Å². The molecular formula is C108H81BrN6Si2. The highest BCUT2D eigenvalue weighted by molar-refractivity contribution is 9.10. The topological polar surface area (TPSA) is 72.3 Å². The fraction of sp³-hybridized carbons (Fsp3) is 0.0370. The average molecular weight is 1600 g/mol. The number of H-pyrrole nitrogens is 1. The Bertz CT molecular complexity index is 6820. The summed E-state index contributed by atoms with van der Waals surface area (Å²) in [6.07, 6.45) is 4.38. The number of aryl methyl sites for hydroxylation is 4. The number of nitrogens with zero attached hydrogens (tertiary/aromatic N) is 5. The molecule has 2 aliphatic carbocycles. The maximum Gasteiger partial charge on any atom is 0.235 e. The van der Waals surface area contributed by atoms with E-state index in [-0.39, 0.29) is 1.43 Å². The van der Waals surface area contributed by atoms with Crippen LogP contribution in [-0.4, -0.2) is 45.6 Å². The Morgan fingerprint density at radius 3 is 1.07 bits per heavy atom. The third-order valence-corrected chi connectivity index (χ3v) is 33.7. The molecular weight excluding hydrogens is 1520 g/mol. The van der Waals surface area contributed by atoms with Gasteiger partial charge in [0.1, 0.15) is 0 Å². The summed E-state index contributed by atoms with van der Waals surface area (Å²) in [6.45, 7) is 0. The largest absolute Gasteiger partial charge is 0.354 e. The third kappa shape index (κ3) is 13.3. The second-order valence-corrected chi connectivity index (χ2v) is 38.6. The van der Waals surface area contributed by atoms with Crippen LogP contribution >= 0.6 is 15.9 Å². The van der Waals surface area contributed by atoms with E-state index in [1.54, 1.807) is 0 Å². The molecule has 22 rings (SSSR count). The number of benzene rings is 16. The summed E-state index contributed by atoms with van der Waals surface area (Å²) in [5.41, 5.74) is 23.8. The molecule has 20 aromatic rings. The van der Waals surface area contributed by atoms with E-state index in [9.17, 15) is 0 Å². The Balaban J connectivity index is 0.000000131. The molecule has 4 aromatic heterocycles. The molecule has 0 saturated carbocycles. The van der Waals surface area contributed by atoms with E-state index >= 15 is 0 Å². The van der Waals surface area contributed by atoms with Crippen molar-refractivity contribution in [3.8, 4) is 73.2 Å². The van der Waals surface area contributed by atoms with Gasteiger partial charge < -0.3 is 4.98 Å². The minimum Gasteiger partial charge on any atom is -0.354 e. The number of hydrogen-bond donors (Lipinski definition) is 1. The predicted molar refractivity (Wildman–Crippen MR) is 499 cm³/mol. The van der Waals surface area contributed by atoms with Gasteiger partial charge in [0.05, 0.1) is 33.8 Å². The van der Waals surface area contributed by atoms with Crippen LogP contribution in [0, 0.1) is 0 Å². The molecule has 0 amide bonds. The summed E-state index contributed by atoms with van der Waals surface area (Å²) < 4.78 is 2.87. The van der Waals surface area contributed by atoms with Crippen molar-refractivity contribution < 1.29 is 1.43 Å². The van der Waals surface area contributed by atoms with E-state index in [4.69, 9.17) is 15.0 Å². The van der Waals surface area contributed by atoms with Gasteiger partial charge in [-0.1, -0.05) is 388 Å².